The van der Waals surface area contributed by atoms with Crippen LogP contribution < -0.4 is 5.73 Å². The van der Waals surface area contributed by atoms with E-state index in [1.807, 2.05) is 36.4 Å². The van der Waals surface area contributed by atoms with Gasteiger partial charge in [-0.05, 0) is 42.1 Å². The largest absolute Gasteiger partial charge is 0.377 e. The zero-order chi connectivity index (χ0) is 14.2. The molecule has 0 saturated carbocycles. The van der Waals surface area contributed by atoms with E-state index in [2.05, 4.69) is 0 Å². The normalized spacial score (nSPS) is 12.3. The van der Waals surface area contributed by atoms with Crippen LogP contribution in [0, 0.1) is 5.82 Å². The molecule has 0 spiro atoms. The monoisotopic (exact) mass is 273 g/mol. The highest BCUT2D eigenvalue weighted by Gasteiger charge is 2.10. The summed E-state index contributed by atoms with van der Waals surface area (Å²) < 4.78 is 18.9. The van der Waals surface area contributed by atoms with Crippen molar-refractivity contribution in [3.63, 3.8) is 0 Å². The Bertz CT molecular complexity index is 515. The van der Waals surface area contributed by atoms with Crippen LogP contribution in [0.15, 0.2) is 54.6 Å². The molecule has 3 heteroatoms. The van der Waals surface area contributed by atoms with Gasteiger partial charge in [0.05, 0.1) is 6.61 Å². The van der Waals surface area contributed by atoms with Gasteiger partial charge in [0.25, 0.3) is 0 Å². The number of rotatable bonds is 7. The molecule has 20 heavy (non-hydrogen) atoms. The van der Waals surface area contributed by atoms with E-state index in [4.69, 9.17) is 10.5 Å². The molecule has 0 aliphatic rings. The minimum Gasteiger partial charge on any atom is -0.377 e. The van der Waals surface area contributed by atoms with Crippen LogP contribution in [0.2, 0.25) is 0 Å². The quantitative estimate of drug-likeness (QED) is 0.784. The molecule has 0 amide bonds. The highest BCUT2D eigenvalue weighted by molar-refractivity contribution is 5.21. The van der Waals surface area contributed by atoms with Gasteiger partial charge in [-0.1, -0.05) is 42.5 Å². The van der Waals surface area contributed by atoms with Crippen molar-refractivity contribution in [3.8, 4) is 0 Å². The van der Waals surface area contributed by atoms with Crippen LogP contribution >= 0.6 is 0 Å². The second-order valence-corrected chi connectivity index (χ2v) is 4.81. The zero-order valence-electron chi connectivity index (χ0n) is 11.5. The van der Waals surface area contributed by atoms with Crippen molar-refractivity contribution >= 4 is 0 Å². The van der Waals surface area contributed by atoms with E-state index in [0.29, 0.717) is 19.8 Å². The van der Waals surface area contributed by atoms with Gasteiger partial charge >= 0.3 is 0 Å². The molecule has 1 unspecified atom stereocenters. The van der Waals surface area contributed by atoms with Crippen molar-refractivity contribution < 1.29 is 9.13 Å². The smallest absolute Gasteiger partial charge is 0.123 e. The number of hydrogen-bond acceptors (Lipinski definition) is 2. The van der Waals surface area contributed by atoms with Crippen molar-refractivity contribution in [2.24, 2.45) is 5.73 Å². The number of hydrogen-bond donors (Lipinski definition) is 1. The van der Waals surface area contributed by atoms with E-state index in [1.54, 1.807) is 12.1 Å². The Labute approximate surface area is 119 Å². The fraction of sp³-hybridized carbons (Fsp3) is 0.294. The van der Waals surface area contributed by atoms with E-state index in [9.17, 15) is 4.39 Å². The van der Waals surface area contributed by atoms with Gasteiger partial charge in [0.15, 0.2) is 0 Å². The first kappa shape index (κ1) is 14.7. The minimum absolute atomic E-state index is 0.140. The number of ether oxygens (including phenoxy) is 1. The van der Waals surface area contributed by atoms with Crippen molar-refractivity contribution in [1.29, 1.82) is 0 Å². The summed E-state index contributed by atoms with van der Waals surface area (Å²) in [6.45, 7) is 1.71. The van der Waals surface area contributed by atoms with E-state index >= 15 is 0 Å². The zero-order valence-corrected chi connectivity index (χ0v) is 11.5. The maximum Gasteiger partial charge on any atom is 0.123 e. The summed E-state index contributed by atoms with van der Waals surface area (Å²) in [5, 5.41) is 0. The highest BCUT2D eigenvalue weighted by Crippen LogP contribution is 2.19. The van der Waals surface area contributed by atoms with Crippen molar-refractivity contribution in [2.45, 2.75) is 18.9 Å². The molecule has 2 rings (SSSR count). The molecule has 0 heterocycles. The molecule has 2 N–H and O–H groups in total. The Morgan fingerprint density at radius 3 is 2.55 bits per heavy atom. The van der Waals surface area contributed by atoms with Gasteiger partial charge in [-0.2, -0.15) is 0 Å². The van der Waals surface area contributed by atoms with Gasteiger partial charge in [0, 0.05) is 6.61 Å². The van der Waals surface area contributed by atoms with Crippen LogP contribution in [0.5, 0.6) is 0 Å². The Morgan fingerprint density at radius 2 is 1.85 bits per heavy atom. The second-order valence-electron chi connectivity index (χ2n) is 4.81. The fourth-order valence-electron chi connectivity index (χ4n) is 2.17. The standard InChI is InChI=1S/C17H20FNO/c18-17-8-4-7-15(11-17)16(12-19)9-10-20-13-14-5-2-1-3-6-14/h1-8,11,16H,9-10,12-13,19H2. The average molecular weight is 273 g/mol. The summed E-state index contributed by atoms with van der Waals surface area (Å²) in [4.78, 5) is 0. The maximum atomic E-state index is 13.2. The third-order valence-electron chi connectivity index (χ3n) is 3.33. The Morgan fingerprint density at radius 1 is 1.05 bits per heavy atom. The molecule has 2 aromatic rings. The van der Waals surface area contributed by atoms with Crippen LogP contribution in [-0.4, -0.2) is 13.2 Å². The molecule has 0 aromatic heterocycles. The van der Waals surface area contributed by atoms with Gasteiger partial charge in [-0.25, -0.2) is 4.39 Å². The second kappa shape index (κ2) is 7.78. The molecule has 0 saturated heterocycles. The highest BCUT2D eigenvalue weighted by atomic mass is 19.1. The van der Waals surface area contributed by atoms with Crippen LogP contribution in [0.3, 0.4) is 0 Å². The molecule has 0 fully saturated rings. The molecule has 2 nitrogen and oxygen atoms in total. The van der Waals surface area contributed by atoms with E-state index in [0.717, 1.165) is 17.5 Å². The Hall–Kier alpha value is -1.71. The maximum absolute atomic E-state index is 13.2. The first-order valence-electron chi connectivity index (χ1n) is 6.87. The van der Waals surface area contributed by atoms with E-state index < -0.39 is 0 Å². The lowest BCUT2D eigenvalue weighted by molar-refractivity contribution is 0.114. The minimum atomic E-state index is -0.217. The van der Waals surface area contributed by atoms with Crippen LogP contribution in [0.1, 0.15) is 23.5 Å². The van der Waals surface area contributed by atoms with Gasteiger partial charge in [-0.15, -0.1) is 0 Å². The molecular formula is C17H20FNO. The molecule has 2 aromatic carbocycles. The van der Waals surface area contributed by atoms with Crippen LogP contribution in [0.25, 0.3) is 0 Å². The lowest BCUT2D eigenvalue weighted by atomic mass is 9.96. The first-order valence-corrected chi connectivity index (χ1v) is 6.87. The summed E-state index contributed by atoms with van der Waals surface area (Å²) in [6.07, 6.45) is 0.798. The van der Waals surface area contributed by atoms with Crippen LogP contribution in [-0.2, 0) is 11.3 Å². The van der Waals surface area contributed by atoms with Gasteiger partial charge in [0.2, 0.25) is 0 Å². The summed E-state index contributed by atoms with van der Waals surface area (Å²) in [5.74, 6) is -0.0763. The molecule has 0 aliphatic heterocycles. The SMILES string of the molecule is NCC(CCOCc1ccccc1)c1cccc(F)c1. The lowest BCUT2D eigenvalue weighted by Gasteiger charge is -2.15. The molecule has 106 valence electrons. The van der Waals surface area contributed by atoms with Gasteiger partial charge in [-0.3, -0.25) is 0 Å². The van der Waals surface area contributed by atoms with E-state index in [-0.39, 0.29) is 11.7 Å². The third kappa shape index (κ3) is 4.44. The summed E-state index contributed by atoms with van der Waals surface area (Å²) >= 11 is 0. The van der Waals surface area contributed by atoms with Gasteiger partial charge in [0.1, 0.15) is 5.82 Å². The molecule has 0 bridgehead atoms. The Balaban J connectivity index is 1.80. The fourth-order valence-corrected chi connectivity index (χ4v) is 2.17. The summed E-state index contributed by atoms with van der Waals surface area (Å²) in [5.41, 5.74) is 7.87. The molecular weight excluding hydrogens is 253 g/mol. The molecule has 0 aliphatic carbocycles. The lowest BCUT2D eigenvalue weighted by Crippen LogP contribution is -2.15. The van der Waals surface area contributed by atoms with Crippen molar-refractivity contribution in [2.75, 3.05) is 13.2 Å². The van der Waals surface area contributed by atoms with Gasteiger partial charge < -0.3 is 10.5 Å². The topological polar surface area (TPSA) is 35.2 Å². The summed E-state index contributed by atoms with van der Waals surface area (Å²) in [7, 11) is 0. The van der Waals surface area contributed by atoms with E-state index in [1.165, 1.54) is 6.07 Å². The predicted octanol–water partition coefficient (Wildman–Crippen LogP) is 3.47. The van der Waals surface area contributed by atoms with Crippen molar-refractivity contribution in [1.82, 2.24) is 0 Å². The van der Waals surface area contributed by atoms with Crippen molar-refractivity contribution in [3.05, 3.63) is 71.5 Å². The number of benzene rings is 2. The Kier molecular flexibility index (Phi) is 5.71. The number of halogens is 1. The van der Waals surface area contributed by atoms with Crippen LogP contribution in [0.4, 0.5) is 4.39 Å². The summed E-state index contributed by atoms with van der Waals surface area (Å²) in [6, 6.07) is 16.7. The third-order valence-corrected chi connectivity index (χ3v) is 3.33. The molecule has 0 radical (unpaired) electrons. The number of nitrogens with two attached hydrogens (primary N) is 1. The average Bonchev–Trinajstić information content (AvgIpc) is 2.48. The first-order chi connectivity index (χ1) is 9.79. The predicted molar refractivity (Wildman–Crippen MR) is 78.9 cm³/mol. The molecule has 1 atom stereocenters.